The van der Waals surface area contributed by atoms with Crippen LogP contribution in [0.15, 0.2) is 47.4 Å². The Kier molecular flexibility index (Phi) is 6.53. The molecule has 0 amide bonds. The van der Waals surface area contributed by atoms with Gasteiger partial charge in [-0.3, -0.25) is 10.1 Å². The second-order valence-electron chi connectivity index (χ2n) is 5.36. The zero-order chi connectivity index (χ0) is 19.2. The minimum atomic E-state index is -3.87. The first-order valence-electron chi connectivity index (χ1n) is 7.94. The van der Waals surface area contributed by atoms with Crippen molar-refractivity contribution in [1.82, 2.24) is 4.72 Å². The Balaban J connectivity index is 1.94. The summed E-state index contributed by atoms with van der Waals surface area (Å²) in [5.41, 5.74) is 0.150. The third kappa shape index (κ3) is 5.17. The lowest BCUT2D eigenvalue weighted by molar-refractivity contribution is -0.385. The van der Waals surface area contributed by atoms with Crippen molar-refractivity contribution in [3.8, 4) is 11.5 Å². The van der Waals surface area contributed by atoms with Crippen molar-refractivity contribution in [2.45, 2.75) is 18.7 Å². The molecule has 140 valence electrons. The summed E-state index contributed by atoms with van der Waals surface area (Å²) < 4.78 is 37.9. The summed E-state index contributed by atoms with van der Waals surface area (Å²) in [6, 6.07) is 10.7. The predicted octanol–water partition coefficient (Wildman–Crippen LogP) is 2.66. The summed E-state index contributed by atoms with van der Waals surface area (Å²) in [5.74, 6) is 1.31. The Morgan fingerprint density at radius 1 is 1.08 bits per heavy atom. The third-order valence-corrected chi connectivity index (χ3v) is 5.07. The van der Waals surface area contributed by atoms with Crippen LogP contribution in [-0.4, -0.2) is 33.1 Å². The molecule has 0 atom stereocenters. The maximum Gasteiger partial charge on any atom is 0.270 e. The van der Waals surface area contributed by atoms with Crippen LogP contribution in [0.2, 0.25) is 0 Å². The number of nitrogens with one attached hydrogen (secondary N) is 1. The number of ether oxygens (including phenoxy) is 2. The molecule has 2 aromatic carbocycles. The summed E-state index contributed by atoms with van der Waals surface area (Å²) in [4.78, 5) is 10.1. The molecule has 0 heterocycles. The van der Waals surface area contributed by atoms with Crippen molar-refractivity contribution >= 4 is 15.7 Å². The average molecular weight is 380 g/mol. The van der Waals surface area contributed by atoms with Gasteiger partial charge < -0.3 is 9.47 Å². The fourth-order valence-corrected chi connectivity index (χ4v) is 3.49. The van der Waals surface area contributed by atoms with Crippen molar-refractivity contribution in [2.75, 3.05) is 19.8 Å². The molecule has 9 heteroatoms. The molecule has 0 saturated heterocycles. The van der Waals surface area contributed by atoms with Gasteiger partial charge >= 0.3 is 0 Å². The number of hydrogen-bond acceptors (Lipinski definition) is 6. The molecule has 2 aromatic rings. The normalized spacial score (nSPS) is 11.2. The second kappa shape index (κ2) is 8.63. The second-order valence-corrected chi connectivity index (χ2v) is 7.09. The summed E-state index contributed by atoms with van der Waals surface area (Å²) >= 11 is 0. The van der Waals surface area contributed by atoms with E-state index in [4.69, 9.17) is 9.47 Å². The lowest BCUT2D eigenvalue weighted by Gasteiger charge is -2.10. The number of hydrogen-bond donors (Lipinski definition) is 1. The van der Waals surface area contributed by atoms with Crippen LogP contribution in [0.4, 0.5) is 5.69 Å². The fraction of sp³-hybridized carbons (Fsp3) is 0.294. The van der Waals surface area contributed by atoms with Crippen LogP contribution in [0.5, 0.6) is 11.5 Å². The molecule has 0 spiro atoms. The van der Waals surface area contributed by atoms with Crippen LogP contribution >= 0.6 is 0 Å². The van der Waals surface area contributed by atoms with Gasteiger partial charge in [-0.15, -0.1) is 0 Å². The van der Waals surface area contributed by atoms with Crippen LogP contribution in [0.3, 0.4) is 0 Å². The van der Waals surface area contributed by atoms with E-state index in [1.54, 1.807) is 31.2 Å². The number of nitro groups is 1. The molecule has 0 radical (unpaired) electrons. The van der Waals surface area contributed by atoms with E-state index >= 15 is 0 Å². The van der Waals surface area contributed by atoms with Gasteiger partial charge in [-0.2, -0.15) is 0 Å². The zero-order valence-corrected chi connectivity index (χ0v) is 15.3. The molecule has 0 aromatic heterocycles. The van der Waals surface area contributed by atoms with Crippen LogP contribution in [-0.2, 0) is 10.0 Å². The number of benzene rings is 2. The van der Waals surface area contributed by atoms with Crippen LogP contribution in [0.1, 0.15) is 12.5 Å². The van der Waals surface area contributed by atoms with Gasteiger partial charge in [0.25, 0.3) is 5.69 Å². The summed E-state index contributed by atoms with van der Waals surface area (Å²) in [7, 11) is -3.87. The molecule has 0 aliphatic heterocycles. The predicted molar refractivity (Wildman–Crippen MR) is 96.1 cm³/mol. The number of non-ortho nitro benzene ring substituents is 1. The van der Waals surface area contributed by atoms with Crippen molar-refractivity contribution in [3.63, 3.8) is 0 Å². The highest BCUT2D eigenvalue weighted by Gasteiger charge is 2.20. The summed E-state index contributed by atoms with van der Waals surface area (Å²) in [5, 5.41) is 10.8. The first-order chi connectivity index (χ1) is 12.3. The van der Waals surface area contributed by atoms with Crippen molar-refractivity contribution < 1.29 is 22.8 Å². The highest BCUT2D eigenvalue weighted by Crippen LogP contribution is 2.21. The highest BCUT2D eigenvalue weighted by molar-refractivity contribution is 7.89. The molecule has 26 heavy (non-hydrogen) atoms. The Morgan fingerprint density at radius 2 is 1.69 bits per heavy atom. The van der Waals surface area contributed by atoms with Gasteiger partial charge in [-0.25, -0.2) is 13.1 Å². The zero-order valence-electron chi connectivity index (χ0n) is 14.5. The van der Waals surface area contributed by atoms with E-state index in [0.29, 0.717) is 17.9 Å². The quantitative estimate of drug-likeness (QED) is 0.407. The number of sulfonamides is 1. The number of nitrogens with zero attached hydrogens (tertiary/aromatic N) is 1. The Bertz CT molecular complexity index is 865. The van der Waals surface area contributed by atoms with E-state index < -0.39 is 14.9 Å². The van der Waals surface area contributed by atoms with E-state index in [-0.39, 0.29) is 23.7 Å². The fourth-order valence-electron chi connectivity index (χ4n) is 2.21. The van der Waals surface area contributed by atoms with Crippen LogP contribution < -0.4 is 14.2 Å². The smallest absolute Gasteiger partial charge is 0.270 e. The van der Waals surface area contributed by atoms with Crippen molar-refractivity contribution in [3.05, 3.63) is 58.1 Å². The largest absolute Gasteiger partial charge is 0.494 e. The molecular formula is C17H20N2O6S. The van der Waals surface area contributed by atoms with Gasteiger partial charge in [0.2, 0.25) is 10.0 Å². The van der Waals surface area contributed by atoms with Gasteiger partial charge in [-0.1, -0.05) is 6.07 Å². The first kappa shape index (κ1) is 19.7. The lowest BCUT2D eigenvalue weighted by atomic mass is 10.2. The summed E-state index contributed by atoms with van der Waals surface area (Å²) in [6.07, 6.45) is 0. The van der Waals surface area contributed by atoms with Crippen LogP contribution in [0, 0.1) is 17.0 Å². The van der Waals surface area contributed by atoms with E-state index in [9.17, 15) is 18.5 Å². The molecule has 0 unspecified atom stereocenters. The Hall–Kier alpha value is -2.65. The van der Waals surface area contributed by atoms with Crippen molar-refractivity contribution in [2.24, 2.45) is 0 Å². The molecule has 0 saturated carbocycles. The van der Waals surface area contributed by atoms with Crippen molar-refractivity contribution in [1.29, 1.82) is 0 Å². The van der Waals surface area contributed by atoms with E-state index in [1.165, 1.54) is 12.1 Å². The minimum Gasteiger partial charge on any atom is -0.494 e. The van der Waals surface area contributed by atoms with E-state index in [0.717, 1.165) is 11.8 Å². The van der Waals surface area contributed by atoms with Gasteiger partial charge in [0, 0.05) is 18.7 Å². The lowest BCUT2D eigenvalue weighted by Crippen LogP contribution is -2.28. The Labute approximate surface area is 152 Å². The van der Waals surface area contributed by atoms with E-state index in [1.807, 2.05) is 6.92 Å². The maximum absolute atomic E-state index is 12.3. The molecular weight excluding hydrogens is 360 g/mol. The third-order valence-electron chi connectivity index (χ3n) is 3.47. The first-order valence-corrected chi connectivity index (χ1v) is 9.42. The molecule has 0 bridgehead atoms. The van der Waals surface area contributed by atoms with Crippen LogP contribution in [0.25, 0.3) is 0 Å². The number of nitro benzene ring substituents is 1. The molecule has 0 fully saturated rings. The SMILES string of the molecule is CCOc1ccc(OCCNS(=O)(=O)c2cc([N+](=O)[O-])ccc2C)cc1. The monoisotopic (exact) mass is 380 g/mol. The molecule has 0 aliphatic rings. The molecule has 2 rings (SSSR count). The highest BCUT2D eigenvalue weighted by atomic mass is 32.2. The maximum atomic E-state index is 12.3. The standard InChI is InChI=1S/C17H20N2O6S/c1-3-24-15-6-8-16(9-7-15)25-11-10-18-26(22,23)17-12-14(19(20)21)5-4-13(17)2/h4-9,12,18H,3,10-11H2,1-2H3. The van der Waals surface area contributed by atoms with Gasteiger partial charge in [0.05, 0.1) is 16.4 Å². The Morgan fingerprint density at radius 3 is 2.27 bits per heavy atom. The molecule has 8 nitrogen and oxygen atoms in total. The summed E-state index contributed by atoms with van der Waals surface area (Å²) in [6.45, 7) is 4.17. The topological polar surface area (TPSA) is 108 Å². The van der Waals surface area contributed by atoms with Gasteiger partial charge in [-0.05, 0) is 43.7 Å². The number of rotatable bonds is 9. The minimum absolute atomic E-state index is 0.0255. The van der Waals surface area contributed by atoms with Gasteiger partial charge in [0.15, 0.2) is 0 Å². The molecule has 0 aliphatic carbocycles. The van der Waals surface area contributed by atoms with Gasteiger partial charge in [0.1, 0.15) is 18.1 Å². The average Bonchev–Trinajstić information content (AvgIpc) is 2.60. The molecule has 1 N–H and O–H groups in total. The number of aryl methyl sites for hydroxylation is 1. The van der Waals surface area contributed by atoms with E-state index in [2.05, 4.69) is 4.72 Å².